The molecule has 0 radical (unpaired) electrons. The zero-order valence-electron chi connectivity index (χ0n) is 12.6. The van der Waals surface area contributed by atoms with Gasteiger partial charge in [0.2, 0.25) is 10.0 Å². The summed E-state index contributed by atoms with van der Waals surface area (Å²) in [6.07, 6.45) is 0. The van der Waals surface area contributed by atoms with Crippen molar-refractivity contribution in [2.24, 2.45) is 0 Å². The van der Waals surface area contributed by atoms with Gasteiger partial charge in [0.25, 0.3) is 0 Å². The lowest BCUT2D eigenvalue weighted by molar-refractivity contribution is 0.310. The number of benzene rings is 1. The van der Waals surface area contributed by atoms with Gasteiger partial charge in [0.1, 0.15) is 4.90 Å². The monoisotopic (exact) mass is 370 g/mol. The summed E-state index contributed by atoms with van der Waals surface area (Å²) in [6, 6.07) is 2.97. The Morgan fingerprint density at radius 3 is 2.41 bits per heavy atom. The van der Waals surface area contributed by atoms with E-state index in [1.165, 1.54) is 30.7 Å². The highest BCUT2D eigenvalue weighted by atomic mass is 35.5. The maximum absolute atomic E-state index is 12.7. The number of methoxy groups -OCH3 is 2. The van der Waals surface area contributed by atoms with E-state index in [4.69, 9.17) is 21.1 Å². The lowest BCUT2D eigenvalue weighted by atomic mass is 10.3. The second-order valence-electron chi connectivity index (χ2n) is 4.86. The summed E-state index contributed by atoms with van der Waals surface area (Å²) in [7, 11) is -0.731. The zero-order chi connectivity index (χ0) is 15.6. The predicted molar refractivity (Wildman–Crippen MR) is 88.0 cm³/mol. The van der Waals surface area contributed by atoms with Gasteiger partial charge in [-0.25, -0.2) is 8.42 Å². The summed E-state index contributed by atoms with van der Waals surface area (Å²) in [5, 5.41) is 3.33. The molecule has 1 aromatic rings. The van der Waals surface area contributed by atoms with Crippen LogP contribution in [0.25, 0.3) is 0 Å². The molecular weight excluding hydrogens is 351 g/mol. The standard InChI is InChI=1S/C13H19ClN2O4S.ClH/c1-9-8-16(5-4-15-9)21(17,18)13-7-12(20-3)11(19-2)6-10(13)14;/h6-7,9,15H,4-5,8H2,1-3H3;1H. The quantitative estimate of drug-likeness (QED) is 0.874. The summed E-state index contributed by atoms with van der Waals surface area (Å²) in [6.45, 7) is 3.38. The van der Waals surface area contributed by atoms with Crippen LogP contribution in [-0.4, -0.2) is 52.6 Å². The Morgan fingerprint density at radius 1 is 1.27 bits per heavy atom. The topological polar surface area (TPSA) is 67.9 Å². The van der Waals surface area contributed by atoms with Crippen LogP contribution in [-0.2, 0) is 10.0 Å². The van der Waals surface area contributed by atoms with E-state index in [1.807, 2.05) is 6.92 Å². The summed E-state index contributed by atoms with van der Waals surface area (Å²) in [4.78, 5) is 0.0379. The van der Waals surface area contributed by atoms with E-state index in [0.717, 1.165) is 0 Å². The molecule has 9 heteroatoms. The molecule has 1 aromatic carbocycles. The van der Waals surface area contributed by atoms with E-state index in [-0.39, 0.29) is 28.4 Å². The van der Waals surface area contributed by atoms with Gasteiger partial charge in [-0.1, -0.05) is 11.6 Å². The number of hydrogen-bond donors (Lipinski definition) is 1. The van der Waals surface area contributed by atoms with E-state index in [0.29, 0.717) is 31.1 Å². The van der Waals surface area contributed by atoms with Crippen LogP contribution in [0.3, 0.4) is 0 Å². The Kier molecular flexibility index (Phi) is 6.76. The zero-order valence-corrected chi connectivity index (χ0v) is 15.0. The molecule has 1 atom stereocenters. The van der Waals surface area contributed by atoms with Crippen LogP contribution in [0.15, 0.2) is 17.0 Å². The number of nitrogens with one attached hydrogen (secondary N) is 1. The maximum Gasteiger partial charge on any atom is 0.244 e. The molecule has 0 aromatic heterocycles. The highest BCUT2D eigenvalue weighted by Gasteiger charge is 2.31. The van der Waals surface area contributed by atoms with Crippen molar-refractivity contribution in [2.45, 2.75) is 17.9 Å². The molecule has 0 aliphatic carbocycles. The number of ether oxygens (including phenoxy) is 2. The van der Waals surface area contributed by atoms with E-state index < -0.39 is 10.0 Å². The molecule has 22 heavy (non-hydrogen) atoms. The highest BCUT2D eigenvalue weighted by molar-refractivity contribution is 7.89. The minimum atomic E-state index is -3.66. The van der Waals surface area contributed by atoms with E-state index in [9.17, 15) is 8.42 Å². The van der Waals surface area contributed by atoms with Gasteiger partial charge < -0.3 is 14.8 Å². The number of piperazine rings is 1. The number of halogens is 2. The molecule has 0 spiro atoms. The van der Waals surface area contributed by atoms with Crippen molar-refractivity contribution in [2.75, 3.05) is 33.9 Å². The fraction of sp³-hybridized carbons (Fsp3) is 0.538. The minimum Gasteiger partial charge on any atom is -0.493 e. The molecule has 1 aliphatic rings. The number of rotatable bonds is 4. The SMILES string of the molecule is COc1cc(Cl)c(S(=O)(=O)N2CCNC(C)C2)cc1OC.Cl. The van der Waals surface area contributed by atoms with Crippen LogP contribution in [0, 0.1) is 0 Å². The molecule has 2 rings (SSSR count). The van der Waals surface area contributed by atoms with Gasteiger partial charge in [0, 0.05) is 37.8 Å². The van der Waals surface area contributed by atoms with Gasteiger partial charge in [-0.2, -0.15) is 4.31 Å². The van der Waals surface area contributed by atoms with Gasteiger partial charge in [0.05, 0.1) is 19.2 Å². The molecule has 1 unspecified atom stereocenters. The van der Waals surface area contributed by atoms with Gasteiger partial charge in [-0.05, 0) is 6.92 Å². The summed E-state index contributed by atoms with van der Waals surface area (Å²) < 4.78 is 37.2. The summed E-state index contributed by atoms with van der Waals surface area (Å²) in [5.74, 6) is 0.735. The Morgan fingerprint density at radius 2 is 1.86 bits per heavy atom. The third-order valence-corrected chi connectivity index (χ3v) is 5.72. The number of nitrogens with zero attached hydrogens (tertiary/aromatic N) is 1. The first-order chi connectivity index (χ1) is 9.90. The highest BCUT2D eigenvalue weighted by Crippen LogP contribution is 2.36. The molecule has 126 valence electrons. The van der Waals surface area contributed by atoms with Crippen molar-refractivity contribution in [3.63, 3.8) is 0 Å². The third-order valence-electron chi connectivity index (χ3n) is 3.39. The smallest absolute Gasteiger partial charge is 0.244 e. The molecule has 1 fully saturated rings. The van der Waals surface area contributed by atoms with Gasteiger partial charge >= 0.3 is 0 Å². The molecule has 1 saturated heterocycles. The average molecular weight is 371 g/mol. The molecular formula is C13H20Cl2N2O4S. The summed E-state index contributed by atoms with van der Waals surface area (Å²) in [5.41, 5.74) is 0. The molecule has 1 heterocycles. The van der Waals surface area contributed by atoms with Gasteiger partial charge in [-0.3, -0.25) is 0 Å². The second-order valence-corrected chi connectivity index (χ2v) is 7.17. The second kappa shape index (κ2) is 7.70. The molecule has 0 bridgehead atoms. The van der Waals surface area contributed by atoms with Crippen molar-refractivity contribution >= 4 is 34.0 Å². The van der Waals surface area contributed by atoms with Crippen LogP contribution in [0.1, 0.15) is 6.92 Å². The van der Waals surface area contributed by atoms with Crippen molar-refractivity contribution in [3.05, 3.63) is 17.2 Å². The number of sulfonamides is 1. The van der Waals surface area contributed by atoms with Crippen LogP contribution in [0.2, 0.25) is 5.02 Å². The predicted octanol–water partition coefficient (Wildman–Crippen LogP) is 1.76. The van der Waals surface area contributed by atoms with Crippen molar-refractivity contribution in [3.8, 4) is 11.5 Å². The fourth-order valence-electron chi connectivity index (χ4n) is 2.29. The first kappa shape index (κ1) is 19.3. The van der Waals surface area contributed by atoms with Crippen molar-refractivity contribution in [1.82, 2.24) is 9.62 Å². The molecule has 0 amide bonds. The Labute approximate surface area is 142 Å². The van der Waals surface area contributed by atoms with E-state index in [2.05, 4.69) is 5.32 Å². The van der Waals surface area contributed by atoms with E-state index in [1.54, 1.807) is 0 Å². The lowest BCUT2D eigenvalue weighted by Crippen LogP contribution is -2.51. The third kappa shape index (κ3) is 3.78. The fourth-order valence-corrected chi connectivity index (χ4v) is 4.32. The Balaban J connectivity index is 0.00000242. The van der Waals surface area contributed by atoms with Crippen LogP contribution >= 0.6 is 24.0 Å². The maximum atomic E-state index is 12.7. The van der Waals surface area contributed by atoms with Gasteiger partial charge in [-0.15, -0.1) is 12.4 Å². The normalized spacial score (nSPS) is 19.4. The molecule has 1 aliphatic heterocycles. The molecule has 1 N–H and O–H groups in total. The first-order valence-electron chi connectivity index (χ1n) is 6.55. The Bertz CT molecular complexity index is 625. The van der Waals surface area contributed by atoms with Crippen LogP contribution in [0.4, 0.5) is 0 Å². The first-order valence-corrected chi connectivity index (χ1v) is 8.37. The van der Waals surface area contributed by atoms with Crippen LogP contribution < -0.4 is 14.8 Å². The van der Waals surface area contributed by atoms with Crippen LogP contribution in [0.5, 0.6) is 11.5 Å². The van der Waals surface area contributed by atoms with E-state index >= 15 is 0 Å². The Hall–Kier alpha value is -0.730. The van der Waals surface area contributed by atoms with Crippen molar-refractivity contribution in [1.29, 1.82) is 0 Å². The minimum absolute atomic E-state index is 0. The molecule has 6 nitrogen and oxygen atoms in total. The molecule has 0 saturated carbocycles. The van der Waals surface area contributed by atoms with Crippen molar-refractivity contribution < 1.29 is 17.9 Å². The summed E-state index contributed by atoms with van der Waals surface area (Å²) >= 11 is 6.12. The number of hydrogen-bond acceptors (Lipinski definition) is 5. The van der Waals surface area contributed by atoms with Gasteiger partial charge in [0.15, 0.2) is 11.5 Å². The average Bonchev–Trinajstić information content (AvgIpc) is 2.46. The largest absolute Gasteiger partial charge is 0.493 e. The lowest BCUT2D eigenvalue weighted by Gasteiger charge is -2.31.